The highest BCUT2D eigenvalue weighted by Gasteiger charge is 2.13. The minimum atomic E-state index is -0.244. The van der Waals surface area contributed by atoms with Gasteiger partial charge in [0, 0.05) is 36.5 Å². The zero-order valence-corrected chi connectivity index (χ0v) is 19.6. The van der Waals surface area contributed by atoms with E-state index in [0.717, 1.165) is 32.9 Å². The summed E-state index contributed by atoms with van der Waals surface area (Å²) in [6.45, 7) is 1.02. The van der Waals surface area contributed by atoms with Gasteiger partial charge in [0.25, 0.3) is 5.91 Å². The quantitative estimate of drug-likeness (QED) is 0.306. The number of nitrogens with zero attached hydrogens (tertiary/aromatic N) is 4. The summed E-state index contributed by atoms with van der Waals surface area (Å²) in [5.41, 5.74) is 5.42. The summed E-state index contributed by atoms with van der Waals surface area (Å²) in [5.74, 6) is 0.298. The third kappa shape index (κ3) is 5.55. The van der Waals surface area contributed by atoms with Gasteiger partial charge in [0.15, 0.2) is 5.16 Å². The molecule has 0 unspecified atom stereocenters. The van der Waals surface area contributed by atoms with Crippen LogP contribution in [0.3, 0.4) is 0 Å². The normalized spacial score (nSPS) is 11.0. The standard InChI is InChI=1S/C27H22FN5OS/c28-23-9-5-20(6-10-23)18-35-27-32-24-11-13-30-16-25(24)33(27)17-19-3-7-22(8-4-19)26(34)31-15-21-2-1-12-29-14-21/h1-14,16H,15,17-18H2,(H,31,34). The first-order chi connectivity index (χ1) is 17.2. The maximum atomic E-state index is 13.2. The van der Waals surface area contributed by atoms with Gasteiger partial charge in [-0.25, -0.2) is 9.37 Å². The molecule has 0 bridgehead atoms. The van der Waals surface area contributed by atoms with Crippen LogP contribution in [0.25, 0.3) is 11.0 Å². The average molecular weight is 484 g/mol. The first-order valence-corrected chi connectivity index (χ1v) is 12.1. The molecule has 0 fully saturated rings. The molecule has 0 radical (unpaired) electrons. The topological polar surface area (TPSA) is 72.7 Å². The Morgan fingerprint density at radius 2 is 1.66 bits per heavy atom. The molecule has 3 heterocycles. The maximum Gasteiger partial charge on any atom is 0.251 e. The Morgan fingerprint density at radius 1 is 0.886 bits per heavy atom. The second-order valence-electron chi connectivity index (χ2n) is 8.00. The van der Waals surface area contributed by atoms with Gasteiger partial charge in [-0.05, 0) is 53.1 Å². The summed E-state index contributed by atoms with van der Waals surface area (Å²) in [6.07, 6.45) is 6.98. The fourth-order valence-corrected chi connectivity index (χ4v) is 4.64. The van der Waals surface area contributed by atoms with Crippen molar-refractivity contribution in [3.8, 4) is 0 Å². The highest BCUT2D eigenvalue weighted by Crippen LogP contribution is 2.27. The number of halogens is 1. The lowest BCUT2D eigenvalue weighted by atomic mass is 10.1. The lowest BCUT2D eigenvalue weighted by Gasteiger charge is -2.10. The average Bonchev–Trinajstić information content (AvgIpc) is 3.25. The van der Waals surface area contributed by atoms with E-state index in [4.69, 9.17) is 4.98 Å². The van der Waals surface area contributed by atoms with Gasteiger partial charge in [-0.15, -0.1) is 0 Å². The molecule has 5 aromatic rings. The Hall–Kier alpha value is -4.04. The lowest BCUT2D eigenvalue weighted by molar-refractivity contribution is 0.0951. The van der Waals surface area contributed by atoms with Gasteiger partial charge in [0.1, 0.15) is 5.82 Å². The van der Waals surface area contributed by atoms with E-state index in [1.54, 1.807) is 42.5 Å². The third-order valence-electron chi connectivity index (χ3n) is 5.53. The fourth-order valence-electron chi connectivity index (χ4n) is 3.67. The smallest absolute Gasteiger partial charge is 0.251 e. The van der Waals surface area contributed by atoms with Crippen molar-refractivity contribution in [2.45, 2.75) is 24.0 Å². The molecule has 0 aliphatic carbocycles. The second kappa shape index (κ2) is 10.5. The van der Waals surface area contributed by atoms with Crippen LogP contribution in [0.5, 0.6) is 0 Å². The molecule has 3 aromatic heterocycles. The largest absolute Gasteiger partial charge is 0.348 e. The van der Waals surface area contributed by atoms with Crippen molar-refractivity contribution < 1.29 is 9.18 Å². The van der Waals surface area contributed by atoms with Crippen LogP contribution in [-0.2, 0) is 18.8 Å². The number of fused-ring (bicyclic) bond motifs is 1. The van der Waals surface area contributed by atoms with Gasteiger partial charge in [0.2, 0.25) is 0 Å². The molecule has 8 heteroatoms. The SMILES string of the molecule is O=C(NCc1cccnc1)c1ccc(Cn2c(SCc3ccc(F)cc3)nc3ccncc32)cc1. The molecule has 0 aliphatic heterocycles. The van der Waals surface area contributed by atoms with Crippen LogP contribution in [0.1, 0.15) is 27.0 Å². The molecule has 2 aromatic carbocycles. The third-order valence-corrected chi connectivity index (χ3v) is 6.58. The summed E-state index contributed by atoms with van der Waals surface area (Å²) in [6, 6.07) is 19.7. The molecule has 0 atom stereocenters. The molecule has 6 nitrogen and oxygen atoms in total. The van der Waals surface area contributed by atoms with E-state index in [0.29, 0.717) is 24.4 Å². The van der Waals surface area contributed by atoms with Crippen molar-refractivity contribution in [1.29, 1.82) is 0 Å². The second-order valence-corrected chi connectivity index (χ2v) is 8.94. The van der Waals surface area contributed by atoms with Crippen LogP contribution < -0.4 is 5.32 Å². The van der Waals surface area contributed by atoms with E-state index in [-0.39, 0.29) is 11.7 Å². The molecule has 0 spiro atoms. The molecule has 35 heavy (non-hydrogen) atoms. The zero-order chi connectivity index (χ0) is 24.0. The number of imidazole rings is 1. The number of carbonyl (C=O) groups excluding carboxylic acids is 1. The van der Waals surface area contributed by atoms with Crippen LogP contribution in [0.4, 0.5) is 4.39 Å². The van der Waals surface area contributed by atoms with E-state index >= 15 is 0 Å². The van der Waals surface area contributed by atoms with E-state index in [1.807, 2.05) is 48.7 Å². The van der Waals surface area contributed by atoms with Crippen LogP contribution in [-0.4, -0.2) is 25.4 Å². The van der Waals surface area contributed by atoms with Crippen molar-refractivity contribution in [2.24, 2.45) is 0 Å². The molecule has 0 saturated heterocycles. The summed E-state index contributed by atoms with van der Waals surface area (Å²) in [5, 5.41) is 3.78. The fraction of sp³-hybridized carbons (Fsp3) is 0.111. The lowest BCUT2D eigenvalue weighted by Crippen LogP contribution is -2.22. The predicted octanol–water partition coefficient (Wildman–Crippen LogP) is 5.24. The first-order valence-electron chi connectivity index (χ1n) is 11.1. The van der Waals surface area contributed by atoms with Gasteiger partial charge in [0.05, 0.1) is 23.8 Å². The van der Waals surface area contributed by atoms with Gasteiger partial charge < -0.3 is 9.88 Å². The minimum Gasteiger partial charge on any atom is -0.348 e. The first kappa shape index (κ1) is 22.7. The van der Waals surface area contributed by atoms with Crippen LogP contribution in [0, 0.1) is 5.82 Å². The minimum absolute atomic E-state index is 0.131. The van der Waals surface area contributed by atoms with E-state index in [9.17, 15) is 9.18 Å². The molecule has 1 N–H and O–H groups in total. The Morgan fingerprint density at radius 3 is 2.43 bits per heavy atom. The van der Waals surface area contributed by atoms with Crippen LogP contribution in [0.15, 0.2) is 96.7 Å². The number of hydrogen-bond donors (Lipinski definition) is 1. The number of carbonyl (C=O) groups is 1. The molecular weight excluding hydrogens is 461 g/mol. The van der Waals surface area contributed by atoms with Gasteiger partial charge >= 0.3 is 0 Å². The number of amides is 1. The molecule has 174 valence electrons. The van der Waals surface area contributed by atoms with Crippen molar-refractivity contribution >= 4 is 28.7 Å². The number of benzene rings is 2. The maximum absolute atomic E-state index is 13.2. The molecular formula is C27H22FN5OS. The highest BCUT2D eigenvalue weighted by atomic mass is 32.2. The van der Waals surface area contributed by atoms with Crippen LogP contribution in [0.2, 0.25) is 0 Å². The zero-order valence-electron chi connectivity index (χ0n) is 18.8. The van der Waals surface area contributed by atoms with E-state index in [1.165, 1.54) is 12.1 Å². The van der Waals surface area contributed by atoms with Crippen LogP contribution >= 0.6 is 11.8 Å². The molecule has 5 rings (SSSR count). The Kier molecular flexibility index (Phi) is 6.81. The number of rotatable bonds is 8. The van der Waals surface area contributed by atoms with Gasteiger partial charge in [-0.1, -0.05) is 42.1 Å². The number of pyridine rings is 2. The summed E-state index contributed by atoms with van der Waals surface area (Å²) in [4.78, 5) is 25.7. The number of hydrogen-bond acceptors (Lipinski definition) is 5. The highest BCUT2D eigenvalue weighted by molar-refractivity contribution is 7.98. The summed E-state index contributed by atoms with van der Waals surface area (Å²) < 4.78 is 15.4. The number of thioether (sulfide) groups is 1. The van der Waals surface area contributed by atoms with E-state index < -0.39 is 0 Å². The van der Waals surface area contributed by atoms with E-state index in [2.05, 4.69) is 19.9 Å². The summed E-state index contributed by atoms with van der Waals surface area (Å²) >= 11 is 1.60. The van der Waals surface area contributed by atoms with Gasteiger partial charge in [-0.3, -0.25) is 14.8 Å². The molecule has 0 saturated carbocycles. The molecule has 1 amide bonds. The summed E-state index contributed by atoms with van der Waals surface area (Å²) in [7, 11) is 0. The van der Waals surface area contributed by atoms with Crippen molar-refractivity contribution in [2.75, 3.05) is 0 Å². The monoisotopic (exact) mass is 483 g/mol. The van der Waals surface area contributed by atoms with Crippen molar-refractivity contribution in [3.63, 3.8) is 0 Å². The van der Waals surface area contributed by atoms with Crippen molar-refractivity contribution in [1.82, 2.24) is 24.8 Å². The number of nitrogens with one attached hydrogen (secondary N) is 1. The Labute approximate surface area is 206 Å². The molecule has 0 aliphatic rings. The van der Waals surface area contributed by atoms with Crippen molar-refractivity contribution in [3.05, 3.63) is 120 Å². The Balaban J connectivity index is 1.30. The Bertz CT molecular complexity index is 1440. The number of aromatic nitrogens is 4. The van der Waals surface area contributed by atoms with Gasteiger partial charge in [-0.2, -0.15) is 0 Å². The predicted molar refractivity (Wildman–Crippen MR) is 134 cm³/mol.